The molecule has 1 aliphatic heterocycles. The topological polar surface area (TPSA) is 47.6 Å². The fourth-order valence-corrected chi connectivity index (χ4v) is 3.64. The fraction of sp³-hybridized carbons (Fsp3) is 0.381. The highest BCUT2D eigenvalue weighted by Crippen LogP contribution is 2.51. The molecule has 1 fully saturated rings. The van der Waals surface area contributed by atoms with Crippen LogP contribution in [0.3, 0.4) is 0 Å². The zero-order valence-corrected chi connectivity index (χ0v) is 15.3. The number of fused-ring (bicyclic) bond motifs is 1. The molecule has 28 heavy (non-hydrogen) atoms. The number of amides is 1. The Balaban J connectivity index is 1.43. The Labute approximate surface area is 160 Å². The SMILES string of the molecule is CC(NC(=O)C1CC1c1ccccc1C(F)(F)F)c1ccc2c(c1)OCCO2. The molecule has 1 amide bonds. The van der Waals surface area contributed by atoms with Crippen LogP contribution in [0, 0.1) is 5.92 Å². The van der Waals surface area contributed by atoms with Crippen LogP contribution < -0.4 is 14.8 Å². The van der Waals surface area contributed by atoms with Crippen LogP contribution in [-0.2, 0) is 11.0 Å². The molecule has 4 rings (SSSR count). The van der Waals surface area contributed by atoms with Gasteiger partial charge in [0.2, 0.25) is 5.91 Å². The normalized spacial score (nSPS) is 21.7. The maximum atomic E-state index is 13.2. The van der Waals surface area contributed by atoms with Crippen molar-refractivity contribution in [2.24, 2.45) is 5.92 Å². The minimum Gasteiger partial charge on any atom is -0.486 e. The van der Waals surface area contributed by atoms with Gasteiger partial charge in [0.25, 0.3) is 0 Å². The summed E-state index contributed by atoms with van der Waals surface area (Å²) in [5.41, 5.74) is 0.391. The highest BCUT2D eigenvalue weighted by atomic mass is 19.4. The van der Waals surface area contributed by atoms with Gasteiger partial charge in [-0.3, -0.25) is 4.79 Å². The molecule has 1 N–H and O–H groups in total. The predicted octanol–water partition coefficient (Wildman–Crippen LogP) is 4.46. The molecule has 0 aromatic heterocycles. The first kappa shape index (κ1) is 18.7. The molecule has 1 aliphatic carbocycles. The van der Waals surface area contributed by atoms with E-state index in [2.05, 4.69) is 5.32 Å². The monoisotopic (exact) mass is 391 g/mol. The van der Waals surface area contributed by atoms with Gasteiger partial charge in [-0.1, -0.05) is 24.3 Å². The van der Waals surface area contributed by atoms with Gasteiger partial charge in [-0.25, -0.2) is 0 Å². The van der Waals surface area contributed by atoms with Gasteiger partial charge >= 0.3 is 6.18 Å². The van der Waals surface area contributed by atoms with Crippen molar-refractivity contribution >= 4 is 5.91 Å². The lowest BCUT2D eigenvalue weighted by Crippen LogP contribution is -2.28. The van der Waals surface area contributed by atoms with Gasteiger partial charge in [0.1, 0.15) is 13.2 Å². The number of rotatable bonds is 4. The summed E-state index contributed by atoms with van der Waals surface area (Å²) >= 11 is 0. The molecule has 0 radical (unpaired) electrons. The van der Waals surface area contributed by atoms with E-state index >= 15 is 0 Å². The Hall–Kier alpha value is -2.70. The van der Waals surface area contributed by atoms with Crippen LogP contribution in [0.5, 0.6) is 11.5 Å². The molecule has 1 heterocycles. The van der Waals surface area contributed by atoms with E-state index < -0.39 is 23.6 Å². The Kier molecular flexibility index (Phi) is 4.69. The summed E-state index contributed by atoms with van der Waals surface area (Å²) < 4.78 is 50.7. The van der Waals surface area contributed by atoms with Crippen LogP contribution in [0.1, 0.15) is 42.0 Å². The van der Waals surface area contributed by atoms with E-state index in [9.17, 15) is 18.0 Å². The first-order valence-electron chi connectivity index (χ1n) is 9.20. The Bertz CT molecular complexity index is 897. The summed E-state index contributed by atoms with van der Waals surface area (Å²) in [4.78, 5) is 12.6. The molecule has 3 atom stereocenters. The van der Waals surface area contributed by atoms with Crippen LogP contribution in [0.15, 0.2) is 42.5 Å². The van der Waals surface area contributed by atoms with E-state index in [0.29, 0.717) is 31.1 Å². The number of carbonyl (C=O) groups is 1. The van der Waals surface area contributed by atoms with E-state index in [1.807, 2.05) is 19.1 Å². The molecule has 2 aliphatic rings. The standard InChI is InChI=1S/C21H20F3NO3/c1-12(13-6-7-18-19(10-13)28-9-8-27-18)25-20(26)16-11-15(16)14-4-2-3-5-17(14)21(22,23)24/h2-7,10,12,15-16H,8-9,11H2,1H3,(H,25,26). The molecule has 2 aromatic rings. The average Bonchev–Trinajstić information content (AvgIpc) is 3.48. The van der Waals surface area contributed by atoms with Gasteiger partial charge in [-0.2, -0.15) is 13.2 Å². The van der Waals surface area contributed by atoms with Crippen molar-refractivity contribution < 1.29 is 27.4 Å². The highest BCUT2D eigenvalue weighted by Gasteiger charge is 2.48. The second-order valence-corrected chi connectivity index (χ2v) is 7.17. The minimum atomic E-state index is -4.42. The number of alkyl halides is 3. The summed E-state index contributed by atoms with van der Waals surface area (Å²) in [6.45, 7) is 2.81. The Morgan fingerprint density at radius 1 is 1.11 bits per heavy atom. The van der Waals surface area contributed by atoms with Gasteiger partial charge in [0, 0.05) is 5.92 Å². The second kappa shape index (κ2) is 7.04. The molecule has 7 heteroatoms. The first-order valence-corrected chi connectivity index (χ1v) is 9.20. The van der Waals surface area contributed by atoms with Gasteiger partial charge in [-0.05, 0) is 48.6 Å². The fourth-order valence-electron chi connectivity index (χ4n) is 3.64. The molecular weight excluding hydrogens is 371 g/mol. The van der Waals surface area contributed by atoms with Crippen LogP contribution in [-0.4, -0.2) is 19.1 Å². The molecular formula is C21H20F3NO3. The maximum absolute atomic E-state index is 13.2. The molecule has 0 saturated heterocycles. The number of benzene rings is 2. The summed E-state index contributed by atoms with van der Waals surface area (Å²) in [6.07, 6.45) is -3.99. The lowest BCUT2D eigenvalue weighted by atomic mass is 10.0. The summed E-state index contributed by atoms with van der Waals surface area (Å²) in [7, 11) is 0. The van der Waals surface area contributed by atoms with Crippen molar-refractivity contribution in [1.29, 1.82) is 0 Å². The Morgan fingerprint density at radius 2 is 1.82 bits per heavy atom. The minimum absolute atomic E-state index is 0.196. The predicted molar refractivity (Wildman–Crippen MR) is 96.3 cm³/mol. The van der Waals surface area contributed by atoms with Crippen LogP contribution in [0.25, 0.3) is 0 Å². The molecule has 148 valence electrons. The Morgan fingerprint density at radius 3 is 2.57 bits per heavy atom. The molecule has 2 aromatic carbocycles. The van der Waals surface area contributed by atoms with E-state index in [1.165, 1.54) is 12.1 Å². The lowest BCUT2D eigenvalue weighted by Gasteiger charge is -2.21. The maximum Gasteiger partial charge on any atom is 0.416 e. The molecule has 0 bridgehead atoms. The van der Waals surface area contributed by atoms with E-state index in [4.69, 9.17) is 9.47 Å². The van der Waals surface area contributed by atoms with Gasteiger partial charge < -0.3 is 14.8 Å². The van der Waals surface area contributed by atoms with Gasteiger partial charge in [0.15, 0.2) is 11.5 Å². The van der Waals surface area contributed by atoms with E-state index in [1.54, 1.807) is 12.1 Å². The number of hydrogen-bond donors (Lipinski definition) is 1. The van der Waals surface area contributed by atoms with E-state index in [-0.39, 0.29) is 17.5 Å². The van der Waals surface area contributed by atoms with Crippen LogP contribution >= 0.6 is 0 Å². The number of nitrogens with one attached hydrogen (secondary N) is 1. The quantitative estimate of drug-likeness (QED) is 0.837. The number of carbonyl (C=O) groups excluding carboxylic acids is 1. The van der Waals surface area contributed by atoms with Crippen molar-refractivity contribution in [2.45, 2.75) is 31.5 Å². The molecule has 3 unspecified atom stereocenters. The second-order valence-electron chi connectivity index (χ2n) is 7.17. The molecule has 4 nitrogen and oxygen atoms in total. The van der Waals surface area contributed by atoms with Crippen molar-refractivity contribution in [2.75, 3.05) is 13.2 Å². The first-order chi connectivity index (χ1) is 13.3. The van der Waals surface area contributed by atoms with Crippen LogP contribution in [0.4, 0.5) is 13.2 Å². The van der Waals surface area contributed by atoms with Gasteiger partial charge in [0.05, 0.1) is 11.6 Å². The van der Waals surface area contributed by atoms with Crippen molar-refractivity contribution in [3.63, 3.8) is 0 Å². The van der Waals surface area contributed by atoms with Crippen molar-refractivity contribution in [3.8, 4) is 11.5 Å². The lowest BCUT2D eigenvalue weighted by molar-refractivity contribution is -0.138. The third kappa shape index (κ3) is 3.66. The average molecular weight is 391 g/mol. The third-order valence-corrected chi connectivity index (χ3v) is 5.22. The third-order valence-electron chi connectivity index (χ3n) is 5.22. The van der Waals surface area contributed by atoms with Crippen molar-refractivity contribution in [1.82, 2.24) is 5.32 Å². The number of ether oxygens (including phenoxy) is 2. The summed E-state index contributed by atoms with van der Waals surface area (Å²) in [5, 5.41) is 2.91. The zero-order chi connectivity index (χ0) is 19.9. The summed E-state index contributed by atoms with van der Waals surface area (Å²) in [6, 6.07) is 10.7. The molecule has 1 saturated carbocycles. The summed E-state index contributed by atoms with van der Waals surface area (Å²) in [5.74, 6) is 0.227. The van der Waals surface area contributed by atoms with Gasteiger partial charge in [-0.15, -0.1) is 0 Å². The smallest absolute Gasteiger partial charge is 0.416 e. The number of halogens is 3. The zero-order valence-electron chi connectivity index (χ0n) is 15.3. The number of hydrogen-bond acceptors (Lipinski definition) is 3. The largest absolute Gasteiger partial charge is 0.486 e. The highest BCUT2D eigenvalue weighted by molar-refractivity contribution is 5.83. The van der Waals surface area contributed by atoms with Crippen LogP contribution in [0.2, 0.25) is 0 Å². The van der Waals surface area contributed by atoms with E-state index in [0.717, 1.165) is 11.6 Å². The van der Waals surface area contributed by atoms with Crippen molar-refractivity contribution in [3.05, 3.63) is 59.2 Å². The molecule has 0 spiro atoms.